The van der Waals surface area contributed by atoms with Gasteiger partial charge >= 0.3 is 6.09 Å². The van der Waals surface area contributed by atoms with E-state index in [0.29, 0.717) is 32.5 Å². The van der Waals surface area contributed by atoms with Crippen LogP contribution in [0.1, 0.15) is 52.3 Å². The van der Waals surface area contributed by atoms with E-state index in [2.05, 4.69) is 50.9 Å². The predicted octanol–water partition coefficient (Wildman–Crippen LogP) is 3.31. The summed E-state index contributed by atoms with van der Waals surface area (Å²) in [6, 6.07) is 0.372. The highest BCUT2D eigenvalue weighted by Gasteiger charge is 2.55. The molecule has 2 atom stereocenters. The summed E-state index contributed by atoms with van der Waals surface area (Å²) in [4.78, 5) is 19.2. The normalized spacial score (nSPS) is 28.3. The average molecular weight is 646 g/mol. The third kappa shape index (κ3) is 5.68. The summed E-state index contributed by atoms with van der Waals surface area (Å²) >= 11 is 2.47. The molecule has 1 saturated carbocycles. The van der Waals surface area contributed by atoms with Crippen molar-refractivity contribution in [2.45, 2.75) is 70.7 Å². The minimum absolute atomic E-state index is 0.132. The van der Waals surface area contributed by atoms with Crippen LogP contribution in [0.15, 0.2) is 0 Å². The van der Waals surface area contributed by atoms with Gasteiger partial charge in [-0.05, 0) is 70.1 Å². The molecule has 1 spiro atoms. The number of rotatable bonds is 6. The van der Waals surface area contributed by atoms with Crippen molar-refractivity contribution in [2.24, 2.45) is 5.41 Å². The van der Waals surface area contributed by atoms with Crippen LogP contribution in [-0.2, 0) is 18.9 Å². The van der Waals surface area contributed by atoms with Crippen molar-refractivity contribution in [1.82, 2.24) is 19.6 Å². The zero-order valence-corrected chi connectivity index (χ0v) is 26.0. The zero-order chi connectivity index (χ0) is 27.3. The highest BCUT2D eigenvalue weighted by atomic mass is 127. The molecule has 214 valence electrons. The molecule has 1 aromatic rings. The van der Waals surface area contributed by atoms with E-state index in [1.807, 2.05) is 25.7 Å². The number of ether oxygens (including phenoxy) is 4. The Bertz CT molecular complexity index is 1010. The Kier molecular flexibility index (Phi) is 7.98. The van der Waals surface area contributed by atoms with Crippen LogP contribution in [0.5, 0.6) is 0 Å². The topological polar surface area (TPSA) is 81.5 Å². The van der Waals surface area contributed by atoms with E-state index in [0.717, 1.165) is 57.9 Å². The van der Waals surface area contributed by atoms with E-state index in [-0.39, 0.29) is 23.2 Å². The summed E-state index contributed by atoms with van der Waals surface area (Å²) in [5.74, 6) is 1.06. The Morgan fingerprint density at radius 2 is 1.92 bits per heavy atom. The van der Waals surface area contributed by atoms with E-state index in [9.17, 15) is 4.79 Å². The molecule has 0 bridgehead atoms. The summed E-state index contributed by atoms with van der Waals surface area (Å²) in [5, 5.41) is 5.21. The van der Waals surface area contributed by atoms with Gasteiger partial charge in [-0.25, -0.2) is 4.79 Å². The number of methoxy groups -OCH3 is 1. The van der Waals surface area contributed by atoms with Gasteiger partial charge in [0.15, 0.2) is 5.82 Å². The Morgan fingerprint density at radius 3 is 2.55 bits per heavy atom. The molecule has 1 aromatic heterocycles. The standard InChI is InChI=1S/C27H44IN5O5/c1-19-22(28)23(29-33(19)20-11-27(12-20)16-31(17-27)24(34)38-25(2,3)4)32-8-7-30(15-26(32,5)18-35-6)13-21-14-36-9-10-37-21/h20-21H,7-18H2,1-6H3/t21-,26-/m1/s1. The van der Waals surface area contributed by atoms with Crippen LogP contribution < -0.4 is 4.90 Å². The van der Waals surface area contributed by atoms with Gasteiger partial charge in [0, 0.05) is 51.8 Å². The van der Waals surface area contributed by atoms with Crippen LogP contribution in [0.3, 0.4) is 0 Å². The molecular formula is C27H44IN5O5. The van der Waals surface area contributed by atoms with Crippen LogP contribution >= 0.6 is 22.6 Å². The second-order valence-corrected chi connectivity index (χ2v) is 14.0. The Labute approximate surface area is 240 Å². The molecule has 0 N–H and O–H groups in total. The summed E-state index contributed by atoms with van der Waals surface area (Å²) in [6.45, 7) is 18.0. The number of anilines is 1. The molecule has 3 aliphatic heterocycles. The number of likely N-dealkylation sites (tertiary alicyclic amines) is 1. The lowest BCUT2D eigenvalue weighted by Gasteiger charge is -2.58. The number of halogens is 1. The number of hydrogen-bond donors (Lipinski definition) is 0. The van der Waals surface area contributed by atoms with E-state index in [1.54, 1.807) is 7.11 Å². The molecule has 0 unspecified atom stereocenters. The van der Waals surface area contributed by atoms with Gasteiger partial charge in [-0.15, -0.1) is 0 Å². The number of carbonyl (C=O) groups excluding carboxylic acids is 1. The minimum atomic E-state index is -0.456. The van der Waals surface area contributed by atoms with Gasteiger partial charge in [0.1, 0.15) is 5.60 Å². The molecule has 11 heteroatoms. The second kappa shape index (κ2) is 10.7. The largest absolute Gasteiger partial charge is 0.444 e. The minimum Gasteiger partial charge on any atom is -0.444 e. The highest BCUT2D eigenvalue weighted by molar-refractivity contribution is 14.1. The molecule has 0 radical (unpaired) electrons. The summed E-state index contributed by atoms with van der Waals surface area (Å²) in [5.41, 5.74) is 0.782. The van der Waals surface area contributed by atoms with Crippen molar-refractivity contribution >= 4 is 34.5 Å². The maximum Gasteiger partial charge on any atom is 0.410 e. The zero-order valence-electron chi connectivity index (χ0n) is 23.8. The van der Waals surface area contributed by atoms with Crippen molar-refractivity contribution in [3.05, 3.63) is 9.26 Å². The van der Waals surface area contributed by atoms with E-state index < -0.39 is 5.60 Å². The van der Waals surface area contributed by atoms with Crippen LogP contribution in [-0.4, -0.2) is 116 Å². The molecule has 10 nitrogen and oxygen atoms in total. The lowest BCUT2D eigenvalue weighted by atomic mass is 9.61. The molecule has 3 saturated heterocycles. The highest BCUT2D eigenvalue weighted by Crippen LogP contribution is 2.55. The van der Waals surface area contributed by atoms with Crippen molar-refractivity contribution in [2.75, 3.05) is 77.7 Å². The first kappa shape index (κ1) is 28.4. The van der Waals surface area contributed by atoms with Crippen LogP contribution in [0.4, 0.5) is 10.6 Å². The van der Waals surface area contributed by atoms with E-state index in [4.69, 9.17) is 24.0 Å². The first-order chi connectivity index (χ1) is 17.9. The molecular weight excluding hydrogens is 601 g/mol. The fourth-order valence-electron chi connectivity index (χ4n) is 6.64. The van der Waals surface area contributed by atoms with Gasteiger partial charge < -0.3 is 28.7 Å². The Balaban J connectivity index is 1.23. The molecule has 38 heavy (non-hydrogen) atoms. The van der Waals surface area contributed by atoms with Gasteiger partial charge in [-0.1, -0.05) is 0 Å². The van der Waals surface area contributed by atoms with Crippen molar-refractivity contribution in [1.29, 1.82) is 0 Å². The van der Waals surface area contributed by atoms with Crippen molar-refractivity contribution in [3.63, 3.8) is 0 Å². The third-order valence-electron chi connectivity index (χ3n) is 8.36. The Morgan fingerprint density at radius 1 is 1.18 bits per heavy atom. The first-order valence-corrected chi connectivity index (χ1v) is 14.9. The van der Waals surface area contributed by atoms with E-state index in [1.165, 1.54) is 9.26 Å². The summed E-state index contributed by atoms with van der Waals surface area (Å²) in [6.07, 6.45) is 2.04. The van der Waals surface area contributed by atoms with Gasteiger partial charge in [0.2, 0.25) is 0 Å². The average Bonchev–Trinajstić information content (AvgIpc) is 3.06. The van der Waals surface area contributed by atoms with Crippen molar-refractivity contribution < 1.29 is 23.7 Å². The molecule has 4 aliphatic rings. The molecule has 0 aromatic carbocycles. The van der Waals surface area contributed by atoms with Crippen LogP contribution in [0.25, 0.3) is 0 Å². The van der Waals surface area contributed by atoms with Crippen LogP contribution in [0, 0.1) is 15.9 Å². The monoisotopic (exact) mass is 645 g/mol. The maximum absolute atomic E-state index is 12.4. The molecule has 1 amide bonds. The van der Waals surface area contributed by atoms with Gasteiger partial charge in [-0.2, -0.15) is 5.10 Å². The summed E-state index contributed by atoms with van der Waals surface area (Å²) in [7, 11) is 1.78. The molecule has 4 fully saturated rings. The molecule has 1 aliphatic carbocycles. The van der Waals surface area contributed by atoms with Gasteiger partial charge in [0.25, 0.3) is 0 Å². The quantitative estimate of drug-likeness (QED) is 0.437. The molecule has 4 heterocycles. The number of hydrogen-bond acceptors (Lipinski definition) is 8. The summed E-state index contributed by atoms with van der Waals surface area (Å²) < 4.78 is 26.3. The lowest BCUT2D eigenvalue weighted by Crippen LogP contribution is -2.64. The predicted molar refractivity (Wildman–Crippen MR) is 153 cm³/mol. The van der Waals surface area contributed by atoms with Gasteiger partial charge in [-0.3, -0.25) is 9.58 Å². The number of aromatic nitrogens is 2. The SMILES string of the molecule is COC[C@@]1(C)CN(C[C@@H]2COCCO2)CCN1c1nn(C2CC3(C2)CN(C(=O)OC(C)(C)C)C3)c(C)c1I. The van der Waals surface area contributed by atoms with Crippen molar-refractivity contribution in [3.8, 4) is 0 Å². The maximum atomic E-state index is 12.4. The Hall–Kier alpha value is -1.15. The number of amides is 1. The smallest absolute Gasteiger partial charge is 0.410 e. The van der Waals surface area contributed by atoms with Gasteiger partial charge in [0.05, 0.1) is 53.4 Å². The number of piperazine rings is 1. The number of nitrogens with zero attached hydrogens (tertiary/aromatic N) is 5. The molecule has 5 rings (SSSR count). The fourth-order valence-corrected chi connectivity index (χ4v) is 7.29. The first-order valence-electron chi connectivity index (χ1n) is 13.8. The second-order valence-electron chi connectivity index (χ2n) is 13.0. The number of carbonyl (C=O) groups is 1. The fraction of sp³-hybridized carbons (Fsp3) is 0.852. The lowest BCUT2D eigenvalue weighted by molar-refractivity contribution is -0.100. The third-order valence-corrected chi connectivity index (χ3v) is 9.62. The van der Waals surface area contributed by atoms with Crippen LogP contribution in [0.2, 0.25) is 0 Å². The van der Waals surface area contributed by atoms with E-state index >= 15 is 0 Å².